The first kappa shape index (κ1) is 15.5. The Kier molecular flexibility index (Phi) is 5.40. The third-order valence-electron chi connectivity index (χ3n) is 2.10. The van der Waals surface area contributed by atoms with Crippen LogP contribution in [0.25, 0.3) is 0 Å². The van der Waals surface area contributed by atoms with E-state index in [0.29, 0.717) is 6.42 Å². The molecule has 0 aromatic carbocycles. The van der Waals surface area contributed by atoms with Gasteiger partial charge in [0, 0.05) is 6.42 Å². The number of ketones is 1. The van der Waals surface area contributed by atoms with Crippen molar-refractivity contribution < 1.29 is 31.6 Å². The van der Waals surface area contributed by atoms with Gasteiger partial charge in [-0.15, -0.1) is 0 Å². The van der Waals surface area contributed by atoms with Crippen LogP contribution in [0.15, 0.2) is 4.52 Å². The van der Waals surface area contributed by atoms with E-state index >= 15 is 0 Å². The van der Waals surface area contributed by atoms with E-state index in [2.05, 4.69) is 19.4 Å². The first-order chi connectivity index (χ1) is 8.85. The van der Waals surface area contributed by atoms with Crippen molar-refractivity contribution in [3.63, 3.8) is 0 Å². The number of alkyl halides is 4. The number of nitrogens with zero attached hydrogens (tertiary/aromatic N) is 2. The molecule has 108 valence electrons. The average Bonchev–Trinajstić information content (AvgIpc) is 2.76. The summed E-state index contributed by atoms with van der Waals surface area (Å²) in [5.74, 6) is -4.39. The molecular weight excluding hydrogens is 272 g/mol. The number of carbonyl (C=O) groups is 1. The summed E-state index contributed by atoms with van der Waals surface area (Å²) in [7, 11) is 0. The van der Waals surface area contributed by atoms with Crippen LogP contribution >= 0.6 is 0 Å². The van der Waals surface area contributed by atoms with Crippen LogP contribution in [0.5, 0.6) is 0 Å². The van der Waals surface area contributed by atoms with Gasteiger partial charge in [-0.25, -0.2) is 8.78 Å². The molecule has 0 aliphatic heterocycles. The van der Waals surface area contributed by atoms with Gasteiger partial charge in [0.1, 0.15) is 19.0 Å². The molecule has 0 atom stereocenters. The van der Waals surface area contributed by atoms with E-state index in [0.717, 1.165) is 0 Å². The summed E-state index contributed by atoms with van der Waals surface area (Å²) in [5.41, 5.74) is 0. The normalized spacial score (nSPS) is 12.1. The van der Waals surface area contributed by atoms with Crippen molar-refractivity contribution >= 4 is 5.78 Å². The number of hydrogen-bond acceptors (Lipinski definition) is 5. The monoisotopic (exact) mass is 284 g/mol. The molecule has 0 N–H and O–H groups in total. The number of halogens is 4. The van der Waals surface area contributed by atoms with Gasteiger partial charge >= 0.3 is 12.3 Å². The number of aromatic nitrogens is 2. The molecule has 0 saturated carbocycles. The first-order valence-electron chi connectivity index (χ1n) is 5.42. The molecule has 19 heavy (non-hydrogen) atoms. The lowest BCUT2D eigenvalue weighted by Crippen LogP contribution is -2.32. The van der Waals surface area contributed by atoms with Gasteiger partial charge in [0.2, 0.25) is 5.89 Å². The van der Waals surface area contributed by atoms with Crippen LogP contribution in [0.2, 0.25) is 0 Å². The first-order valence-corrected chi connectivity index (χ1v) is 5.42. The summed E-state index contributed by atoms with van der Waals surface area (Å²) in [6.07, 6.45) is -3.55. The second-order valence-electron chi connectivity index (χ2n) is 3.73. The topological polar surface area (TPSA) is 65.2 Å². The minimum absolute atomic E-state index is 0.0334. The Bertz CT molecular complexity index is 423. The summed E-state index contributed by atoms with van der Waals surface area (Å²) in [4.78, 5) is 14.8. The summed E-state index contributed by atoms with van der Waals surface area (Å²) >= 11 is 0. The van der Waals surface area contributed by atoms with Gasteiger partial charge in [-0.05, 0) is 0 Å². The lowest BCUT2D eigenvalue weighted by atomic mass is 10.2. The minimum atomic E-state index is -4.22. The zero-order valence-electron chi connectivity index (χ0n) is 10.0. The van der Waals surface area contributed by atoms with E-state index in [1.807, 2.05) is 0 Å². The third kappa shape index (κ3) is 4.93. The standard InChI is InChI=1S/C10H12F4N2O3/c1-2-6(17)3-8-15-7(16-19-8)4-18-5-10(13,14)9(11)12/h9H,2-5H2,1H3. The van der Waals surface area contributed by atoms with Crippen molar-refractivity contribution in [2.24, 2.45) is 0 Å². The Morgan fingerprint density at radius 2 is 2.16 bits per heavy atom. The SMILES string of the molecule is CCC(=O)Cc1nc(COCC(F)(F)C(F)F)no1. The predicted octanol–water partition coefficient (Wildman–Crippen LogP) is 2.01. The van der Waals surface area contributed by atoms with Crippen LogP contribution in [0.4, 0.5) is 17.6 Å². The molecule has 0 fully saturated rings. The van der Waals surface area contributed by atoms with Gasteiger partial charge in [0.05, 0.1) is 6.42 Å². The van der Waals surface area contributed by atoms with Gasteiger partial charge < -0.3 is 9.26 Å². The van der Waals surface area contributed by atoms with Crippen molar-refractivity contribution in [3.05, 3.63) is 11.7 Å². The van der Waals surface area contributed by atoms with Crippen molar-refractivity contribution in [1.82, 2.24) is 10.1 Å². The lowest BCUT2D eigenvalue weighted by molar-refractivity contribution is -0.168. The molecule has 0 unspecified atom stereocenters. The largest absolute Gasteiger partial charge is 0.367 e. The predicted molar refractivity (Wildman–Crippen MR) is 53.9 cm³/mol. The van der Waals surface area contributed by atoms with Crippen LogP contribution in [-0.4, -0.2) is 34.9 Å². The third-order valence-corrected chi connectivity index (χ3v) is 2.10. The van der Waals surface area contributed by atoms with Gasteiger partial charge in [0.25, 0.3) is 0 Å². The Balaban J connectivity index is 2.40. The summed E-state index contributed by atoms with van der Waals surface area (Å²) in [5, 5.41) is 3.37. The van der Waals surface area contributed by atoms with E-state index in [9.17, 15) is 22.4 Å². The highest BCUT2D eigenvalue weighted by molar-refractivity contribution is 5.79. The Morgan fingerprint density at radius 1 is 1.47 bits per heavy atom. The molecule has 1 rings (SSSR count). The Hall–Kier alpha value is -1.51. The molecule has 1 heterocycles. The molecule has 1 aromatic heterocycles. The average molecular weight is 284 g/mol. The zero-order valence-corrected chi connectivity index (χ0v) is 10.0. The van der Waals surface area contributed by atoms with E-state index < -0.39 is 25.6 Å². The van der Waals surface area contributed by atoms with Crippen molar-refractivity contribution in [3.8, 4) is 0 Å². The van der Waals surface area contributed by atoms with Crippen LogP contribution in [-0.2, 0) is 22.6 Å². The molecular formula is C10H12F4N2O3. The second-order valence-corrected chi connectivity index (χ2v) is 3.73. The van der Waals surface area contributed by atoms with Crippen LogP contribution < -0.4 is 0 Å². The highest BCUT2D eigenvalue weighted by atomic mass is 19.3. The van der Waals surface area contributed by atoms with Crippen LogP contribution in [0.3, 0.4) is 0 Å². The van der Waals surface area contributed by atoms with Crippen molar-refractivity contribution in [2.45, 2.75) is 38.7 Å². The molecule has 0 saturated heterocycles. The fraction of sp³-hybridized carbons (Fsp3) is 0.700. The molecule has 0 radical (unpaired) electrons. The van der Waals surface area contributed by atoms with Crippen LogP contribution in [0, 0.1) is 0 Å². The molecule has 0 aliphatic rings. The maximum absolute atomic E-state index is 12.5. The fourth-order valence-corrected chi connectivity index (χ4v) is 1.06. The summed E-state index contributed by atoms with van der Waals surface area (Å²) in [6, 6.07) is 0. The number of rotatable bonds is 8. The highest BCUT2D eigenvalue weighted by Gasteiger charge is 2.41. The second kappa shape index (κ2) is 6.60. The minimum Gasteiger partial charge on any atom is -0.367 e. The molecule has 0 spiro atoms. The maximum Gasteiger partial charge on any atom is 0.330 e. The molecule has 0 amide bonds. The van der Waals surface area contributed by atoms with Crippen LogP contribution in [0.1, 0.15) is 25.1 Å². The number of hydrogen-bond donors (Lipinski definition) is 0. The van der Waals surface area contributed by atoms with E-state index in [1.165, 1.54) is 0 Å². The van der Waals surface area contributed by atoms with Gasteiger partial charge in [0.15, 0.2) is 5.82 Å². The Labute approximate surface area is 105 Å². The quantitative estimate of drug-likeness (QED) is 0.683. The van der Waals surface area contributed by atoms with Crippen molar-refractivity contribution in [2.75, 3.05) is 6.61 Å². The zero-order chi connectivity index (χ0) is 14.5. The summed E-state index contributed by atoms with van der Waals surface area (Å²) in [6.45, 7) is -0.274. The molecule has 5 nitrogen and oxygen atoms in total. The molecule has 1 aromatic rings. The van der Waals surface area contributed by atoms with E-state index in [4.69, 9.17) is 0 Å². The maximum atomic E-state index is 12.5. The lowest BCUT2D eigenvalue weighted by Gasteiger charge is -2.14. The molecule has 0 bridgehead atoms. The summed E-state index contributed by atoms with van der Waals surface area (Å²) < 4.78 is 57.7. The Morgan fingerprint density at radius 3 is 2.74 bits per heavy atom. The molecule has 0 aliphatic carbocycles. The number of carbonyl (C=O) groups excluding carboxylic acids is 1. The molecule has 9 heteroatoms. The smallest absolute Gasteiger partial charge is 0.330 e. The fourth-order valence-electron chi connectivity index (χ4n) is 1.06. The van der Waals surface area contributed by atoms with Gasteiger partial charge in [-0.3, -0.25) is 4.79 Å². The van der Waals surface area contributed by atoms with E-state index in [1.54, 1.807) is 6.92 Å². The van der Waals surface area contributed by atoms with E-state index in [-0.39, 0.29) is 23.9 Å². The van der Waals surface area contributed by atoms with Crippen molar-refractivity contribution in [1.29, 1.82) is 0 Å². The number of Topliss-reactive ketones (excluding diaryl/α,β-unsaturated/α-hetero) is 1. The van der Waals surface area contributed by atoms with Gasteiger partial charge in [-0.2, -0.15) is 13.8 Å². The highest BCUT2D eigenvalue weighted by Crippen LogP contribution is 2.23. The van der Waals surface area contributed by atoms with Gasteiger partial charge in [-0.1, -0.05) is 12.1 Å². The number of ether oxygens (including phenoxy) is 1.